The van der Waals surface area contributed by atoms with Crippen molar-refractivity contribution in [2.45, 2.75) is 0 Å². The summed E-state index contributed by atoms with van der Waals surface area (Å²) in [4.78, 5) is 9.19. The van der Waals surface area contributed by atoms with Gasteiger partial charge in [0.2, 0.25) is 22.5 Å². The summed E-state index contributed by atoms with van der Waals surface area (Å²) in [5, 5.41) is 0. The van der Waals surface area contributed by atoms with Crippen LogP contribution in [0.25, 0.3) is 0 Å². The van der Waals surface area contributed by atoms with Gasteiger partial charge in [-0.25, -0.2) is 0 Å². The summed E-state index contributed by atoms with van der Waals surface area (Å²) >= 11 is 17.7. The average Bonchev–Trinajstić information content (AvgIpc) is 1.19. The molecule has 0 aliphatic heterocycles. The van der Waals surface area contributed by atoms with Gasteiger partial charge in [-0.1, -0.05) is 22.5 Å². The zero-order chi connectivity index (χ0) is 8.08. The maximum absolute atomic E-state index is 9.19. The molecule has 0 saturated heterocycles. The van der Waals surface area contributed by atoms with Crippen LogP contribution in [-0.2, 0) is 9.13 Å². The van der Waals surface area contributed by atoms with Crippen molar-refractivity contribution in [1.82, 2.24) is 0 Å². The Labute approximate surface area is 71.6 Å². The zero-order valence-corrected chi connectivity index (χ0v) is 8.44. The van der Waals surface area contributed by atoms with E-state index in [0.29, 0.717) is 0 Å². The molecular formula is Cl4O3P2. The van der Waals surface area contributed by atoms with Crippen LogP contribution < -0.4 is 4.89 Å². The quantitative estimate of drug-likeness (QED) is 0.622. The van der Waals surface area contributed by atoms with Gasteiger partial charge in [-0.2, -0.15) is 0 Å². The molecule has 0 amide bonds. The molecule has 0 rings (SSSR count). The van der Waals surface area contributed by atoms with Crippen LogP contribution in [0, 0.1) is 0 Å². The van der Waals surface area contributed by atoms with E-state index in [0.717, 1.165) is 0 Å². The van der Waals surface area contributed by atoms with Crippen molar-refractivity contribution in [3.05, 3.63) is 0 Å². The van der Waals surface area contributed by atoms with E-state index in [1.165, 1.54) is 0 Å². The van der Waals surface area contributed by atoms with Crippen LogP contribution in [0.4, 0.5) is 0 Å². The minimum Gasteiger partial charge on any atom is -0.776 e. The molecule has 0 heterocycles. The van der Waals surface area contributed by atoms with Crippen molar-refractivity contribution in [1.29, 1.82) is 0 Å². The topological polar surface area (TPSA) is 57.2 Å². The number of hydrogen-bond donors (Lipinski definition) is 0. The highest BCUT2D eigenvalue weighted by molar-refractivity contribution is 8.03. The Bertz CT molecular complexity index is 114. The third kappa shape index (κ3) is 249. The van der Waals surface area contributed by atoms with Crippen molar-refractivity contribution in [3.8, 4) is 0 Å². The van der Waals surface area contributed by atoms with E-state index in [9.17, 15) is 9.46 Å². The molecule has 56 valence electrons. The van der Waals surface area contributed by atoms with Crippen molar-refractivity contribution in [3.63, 3.8) is 0 Å². The van der Waals surface area contributed by atoms with Crippen LogP contribution in [0.5, 0.6) is 0 Å². The summed E-state index contributed by atoms with van der Waals surface area (Å²) < 4.78 is 18.3. The van der Waals surface area contributed by atoms with Gasteiger partial charge in [-0.15, -0.1) is 0 Å². The summed E-state index contributed by atoms with van der Waals surface area (Å²) in [6.07, 6.45) is -3.94. The van der Waals surface area contributed by atoms with Crippen LogP contribution in [0.3, 0.4) is 0 Å². The fourth-order valence-electron chi connectivity index (χ4n) is 0. The molecule has 0 saturated carbocycles. The van der Waals surface area contributed by atoms with Gasteiger partial charge in [0.1, 0.15) is 0 Å². The molecule has 0 unspecified atom stereocenters. The maximum Gasteiger partial charge on any atom is 0.575 e. The number of rotatable bonds is 0. The largest absolute Gasteiger partial charge is 0.776 e. The van der Waals surface area contributed by atoms with E-state index >= 15 is 0 Å². The van der Waals surface area contributed by atoms with Gasteiger partial charge in [0.05, 0.1) is 0 Å². The van der Waals surface area contributed by atoms with Gasteiger partial charge in [0.25, 0.3) is 0 Å². The first-order valence-corrected chi connectivity index (χ1v) is 7.73. The zero-order valence-electron chi connectivity index (χ0n) is 3.63. The maximum atomic E-state index is 9.19. The lowest BCUT2D eigenvalue weighted by molar-refractivity contribution is -0.162. The van der Waals surface area contributed by atoms with Crippen LogP contribution in [-0.4, -0.2) is 0 Å². The van der Waals surface area contributed by atoms with Crippen LogP contribution in [0.15, 0.2) is 0 Å². The van der Waals surface area contributed by atoms with Gasteiger partial charge in [0.15, 0.2) is 6.07 Å². The van der Waals surface area contributed by atoms with E-state index in [1.54, 1.807) is 0 Å². The fraction of sp³-hybridized carbons (Fsp3) is 0. The molecule has 0 atom stereocenters. The van der Waals surface area contributed by atoms with Crippen LogP contribution >= 0.6 is 57.5 Å². The van der Waals surface area contributed by atoms with Crippen molar-refractivity contribution in [2.24, 2.45) is 0 Å². The van der Waals surface area contributed by atoms with Crippen molar-refractivity contribution in [2.75, 3.05) is 0 Å². The molecule has 0 aromatic rings. The molecule has 0 fully saturated rings. The Morgan fingerprint density at radius 1 is 1.33 bits per heavy atom. The van der Waals surface area contributed by atoms with E-state index < -0.39 is 12.6 Å². The second-order valence-electron chi connectivity index (χ2n) is 0.616. The minimum absolute atomic E-state index is 1.93. The molecular weight excluding hydrogens is 252 g/mol. The third-order valence-electron chi connectivity index (χ3n) is 0. The summed E-state index contributed by atoms with van der Waals surface area (Å²) in [5.74, 6) is 0. The second-order valence-corrected chi connectivity index (χ2v) is 7.40. The Morgan fingerprint density at radius 3 is 1.33 bits per heavy atom. The minimum atomic E-state index is -3.94. The Balaban J connectivity index is 0. The summed E-state index contributed by atoms with van der Waals surface area (Å²) in [7, 11) is 0. The highest BCUT2D eigenvalue weighted by atomic mass is 35.9. The Kier molecular flexibility index (Phi) is 8.97. The van der Waals surface area contributed by atoms with Gasteiger partial charge in [-0.3, -0.25) is 0 Å². The molecule has 0 aliphatic rings. The Hall–Kier alpha value is 1.45. The average molecular weight is 252 g/mol. The van der Waals surface area contributed by atoms with E-state index in [-0.39, 0.29) is 0 Å². The predicted molar refractivity (Wildman–Crippen MR) is 38.6 cm³/mol. The van der Waals surface area contributed by atoms with Crippen molar-refractivity contribution < 1.29 is 14.0 Å². The summed E-state index contributed by atoms with van der Waals surface area (Å²) in [6, 6.07) is 0. The smallest absolute Gasteiger partial charge is 0.575 e. The molecule has 0 spiro atoms. The monoisotopic (exact) mass is 250 g/mol. The third-order valence-corrected chi connectivity index (χ3v) is 0. The second kappa shape index (κ2) is 6.18. The molecule has 9 heavy (non-hydrogen) atoms. The SMILES string of the molecule is O=P([O-])(Cl)Cl.O=[P+](Cl)Cl. The van der Waals surface area contributed by atoms with E-state index in [2.05, 4.69) is 45.0 Å². The normalized spacial score (nSPS) is 9.44. The van der Waals surface area contributed by atoms with E-state index in [1.807, 2.05) is 0 Å². The van der Waals surface area contributed by atoms with Gasteiger partial charge >= 0.3 is 6.51 Å². The first-order chi connectivity index (χ1) is 3.73. The van der Waals surface area contributed by atoms with Crippen molar-refractivity contribution >= 4 is 57.5 Å². The summed E-state index contributed by atoms with van der Waals surface area (Å²) in [6.45, 7) is -1.93. The number of hydrogen-bond acceptors (Lipinski definition) is 3. The lowest BCUT2D eigenvalue weighted by atomic mass is 15.9. The van der Waals surface area contributed by atoms with E-state index in [4.69, 9.17) is 4.57 Å². The lowest BCUT2D eigenvalue weighted by Crippen LogP contribution is -1.82. The fourth-order valence-corrected chi connectivity index (χ4v) is 0. The molecule has 0 radical (unpaired) electrons. The molecule has 0 aliphatic carbocycles. The highest BCUT2D eigenvalue weighted by Crippen LogP contribution is 2.46. The number of halogens is 4. The molecule has 9 heteroatoms. The van der Waals surface area contributed by atoms with Crippen LogP contribution in [0.2, 0.25) is 0 Å². The summed E-state index contributed by atoms with van der Waals surface area (Å²) in [5.41, 5.74) is 0. The van der Waals surface area contributed by atoms with Gasteiger partial charge in [0, 0.05) is 0 Å². The standard InChI is InChI=1S/Cl2HO2P.Cl2OP/c1-5(2,3)4;1-4(2)3/h(H,3,4);/q;+1/p-1. The van der Waals surface area contributed by atoms with Crippen LogP contribution in [0.1, 0.15) is 0 Å². The highest BCUT2D eigenvalue weighted by Gasteiger charge is 1.97. The lowest BCUT2D eigenvalue weighted by Gasteiger charge is -1.98. The first kappa shape index (κ1) is 13.1. The first-order valence-electron chi connectivity index (χ1n) is 1.22. The molecule has 0 aromatic heterocycles. The van der Waals surface area contributed by atoms with Gasteiger partial charge in [-0.05, 0) is 4.57 Å². The Morgan fingerprint density at radius 2 is 1.33 bits per heavy atom. The molecule has 0 N–H and O–H groups in total. The molecule has 0 bridgehead atoms. The molecule has 0 aromatic carbocycles. The van der Waals surface area contributed by atoms with Gasteiger partial charge < -0.3 is 9.46 Å². The molecule has 3 nitrogen and oxygen atoms in total. The predicted octanol–water partition coefficient (Wildman–Crippen LogP) is 3.05.